The zero-order chi connectivity index (χ0) is 11.6. The molecule has 0 amide bonds. The summed E-state index contributed by atoms with van der Waals surface area (Å²) in [7, 11) is 2.14. The first kappa shape index (κ1) is 13.2. The molecule has 0 bridgehead atoms. The Balaban J connectivity index is 2.09. The molecule has 2 N–H and O–H groups in total. The highest BCUT2D eigenvalue weighted by Crippen LogP contribution is 2.02. The van der Waals surface area contributed by atoms with Crippen molar-refractivity contribution in [1.29, 1.82) is 0 Å². The van der Waals surface area contributed by atoms with Crippen LogP contribution in [0.1, 0.15) is 12.0 Å². The summed E-state index contributed by atoms with van der Waals surface area (Å²) in [5.74, 6) is 0. The molecule has 0 saturated carbocycles. The summed E-state index contributed by atoms with van der Waals surface area (Å²) in [6.07, 6.45) is 1.11. The number of hydrogen-bond donors (Lipinski definition) is 2. The molecule has 1 aromatic carbocycles. The third kappa shape index (κ3) is 5.85. The molecule has 16 heavy (non-hydrogen) atoms. The van der Waals surface area contributed by atoms with Crippen molar-refractivity contribution in [1.82, 2.24) is 10.2 Å². The average molecular weight is 222 g/mol. The Hall–Kier alpha value is -0.900. The minimum atomic E-state index is 0.222. The fourth-order valence-electron chi connectivity index (χ4n) is 1.65. The van der Waals surface area contributed by atoms with Crippen molar-refractivity contribution in [2.24, 2.45) is 0 Å². The van der Waals surface area contributed by atoms with Crippen LogP contribution >= 0.6 is 0 Å². The van der Waals surface area contributed by atoms with Gasteiger partial charge in [0.15, 0.2) is 0 Å². The second-order valence-electron chi connectivity index (χ2n) is 4.05. The van der Waals surface area contributed by atoms with Crippen LogP contribution in [-0.4, -0.2) is 43.3 Å². The van der Waals surface area contributed by atoms with Crippen molar-refractivity contribution >= 4 is 0 Å². The quantitative estimate of drug-likeness (QED) is 0.646. The molecule has 0 aliphatic heterocycles. The van der Waals surface area contributed by atoms with E-state index in [1.165, 1.54) is 5.56 Å². The maximum atomic E-state index is 8.60. The molecule has 1 rings (SSSR count). The number of aliphatic hydroxyl groups excluding tert-OH is 1. The Labute approximate surface area is 98.1 Å². The Morgan fingerprint density at radius 1 is 1.19 bits per heavy atom. The summed E-state index contributed by atoms with van der Waals surface area (Å²) in [4.78, 5) is 2.32. The monoisotopic (exact) mass is 222 g/mol. The SMILES string of the molecule is CN(CCCNCCO)Cc1ccccc1. The van der Waals surface area contributed by atoms with Crippen LogP contribution in [0.15, 0.2) is 30.3 Å². The summed E-state index contributed by atoms with van der Waals surface area (Å²) in [5, 5.41) is 11.8. The van der Waals surface area contributed by atoms with E-state index in [0.29, 0.717) is 6.54 Å². The molecule has 3 nitrogen and oxygen atoms in total. The molecular weight excluding hydrogens is 200 g/mol. The van der Waals surface area contributed by atoms with Gasteiger partial charge in [-0.1, -0.05) is 30.3 Å². The molecule has 0 heterocycles. The number of hydrogen-bond acceptors (Lipinski definition) is 3. The standard InChI is InChI=1S/C13H22N2O/c1-15(10-5-8-14-9-11-16)12-13-6-3-2-4-7-13/h2-4,6-7,14,16H,5,8-12H2,1H3. The highest BCUT2D eigenvalue weighted by molar-refractivity contribution is 5.14. The van der Waals surface area contributed by atoms with E-state index in [2.05, 4.69) is 41.5 Å². The zero-order valence-electron chi connectivity index (χ0n) is 10.0. The second kappa shape index (κ2) is 8.28. The number of nitrogens with zero attached hydrogens (tertiary/aromatic N) is 1. The van der Waals surface area contributed by atoms with Crippen LogP contribution in [0.5, 0.6) is 0 Å². The minimum absolute atomic E-state index is 0.222. The molecule has 1 aromatic rings. The van der Waals surface area contributed by atoms with E-state index in [1.807, 2.05) is 6.07 Å². The van der Waals surface area contributed by atoms with E-state index in [-0.39, 0.29) is 6.61 Å². The first-order chi connectivity index (χ1) is 7.83. The van der Waals surface area contributed by atoms with E-state index in [9.17, 15) is 0 Å². The third-order valence-electron chi connectivity index (χ3n) is 2.48. The zero-order valence-corrected chi connectivity index (χ0v) is 10.0. The number of rotatable bonds is 8. The fourth-order valence-corrected chi connectivity index (χ4v) is 1.65. The van der Waals surface area contributed by atoms with E-state index in [4.69, 9.17) is 5.11 Å². The van der Waals surface area contributed by atoms with Crippen molar-refractivity contribution in [2.75, 3.05) is 33.3 Å². The molecule has 3 heteroatoms. The maximum absolute atomic E-state index is 8.60. The summed E-state index contributed by atoms with van der Waals surface area (Å²) >= 11 is 0. The van der Waals surface area contributed by atoms with E-state index >= 15 is 0 Å². The van der Waals surface area contributed by atoms with Gasteiger partial charge in [-0.05, 0) is 32.1 Å². The van der Waals surface area contributed by atoms with Gasteiger partial charge in [0.1, 0.15) is 0 Å². The predicted molar refractivity (Wildman–Crippen MR) is 67.3 cm³/mol. The number of aliphatic hydroxyl groups is 1. The van der Waals surface area contributed by atoms with Crippen molar-refractivity contribution < 1.29 is 5.11 Å². The lowest BCUT2D eigenvalue weighted by molar-refractivity contribution is 0.286. The smallest absolute Gasteiger partial charge is 0.0555 e. The minimum Gasteiger partial charge on any atom is -0.395 e. The Kier molecular flexibility index (Phi) is 6.81. The predicted octanol–water partition coefficient (Wildman–Crippen LogP) is 1.09. The van der Waals surface area contributed by atoms with Gasteiger partial charge in [0, 0.05) is 13.1 Å². The molecule has 90 valence electrons. The lowest BCUT2D eigenvalue weighted by Crippen LogP contribution is -2.25. The maximum Gasteiger partial charge on any atom is 0.0555 e. The summed E-state index contributed by atoms with van der Waals surface area (Å²) < 4.78 is 0. The topological polar surface area (TPSA) is 35.5 Å². The number of nitrogens with one attached hydrogen (secondary N) is 1. The molecule has 0 unspecified atom stereocenters. The normalized spacial score (nSPS) is 10.9. The Morgan fingerprint density at radius 3 is 2.62 bits per heavy atom. The van der Waals surface area contributed by atoms with Crippen LogP contribution in [0.2, 0.25) is 0 Å². The lowest BCUT2D eigenvalue weighted by atomic mass is 10.2. The molecule has 0 spiro atoms. The van der Waals surface area contributed by atoms with E-state index < -0.39 is 0 Å². The lowest BCUT2D eigenvalue weighted by Gasteiger charge is -2.16. The average Bonchev–Trinajstić information content (AvgIpc) is 2.30. The van der Waals surface area contributed by atoms with Gasteiger partial charge in [-0.25, -0.2) is 0 Å². The molecule has 0 aliphatic carbocycles. The summed E-state index contributed by atoms with van der Waals surface area (Å²) in [6, 6.07) is 10.5. The summed E-state index contributed by atoms with van der Waals surface area (Å²) in [6.45, 7) is 3.97. The highest BCUT2D eigenvalue weighted by Gasteiger charge is 1.98. The molecule has 0 aromatic heterocycles. The van der Waals surface area contributed by atoms with Crippen molar-refractivity contribution in [3.8, 4) is 0 Å². The molecule has 0 atom stereocenters. The van der Waals surface area contributed by atoms with Crippen molar-refractivity contribution in [3.05, 3.63) is 35.9 Å². The number of benzene rings is 1. The summed E-state index contributed by atoms with van der Waals surface area (Å²) in [5.41, 5.74) is 1.35. The van der Waals surface area contributed by atoms with Gasteiger partial charge in [-0.3, -0.25) is 0 Å². The van der Waals surface area contributed by atoms with Crippen molar-refractivity contribution in [3.63, 3.8) is 0 Å². The first-order valence-electron chi connectivity index (χ1n) is 5.87. The van der Waals surface area contributed by atoms with Gasteiger partial charge in [0.25, 0.3) is 0 Å². The third-order valence-corrected chi connectivity index (χ3v) is 2.48. The molecule has 0 aliphatic rings. The van der Waals surface area contributed by atoms with E-state index in [1.54, 1.807) is 0 Å². The fraction of sp³-hybridized carbons (Fsp3) is 0.538. The van der Waals surface area contributed by atoms with Crippen LogP contribution in [-0.2, 0) is 6.54 Å². The van der Waals surface area contributed by atoms with Gasteiger partial charge in [-0.2, -0.15) is 0 Å². The van der Waals surface area contributed by atoms with Crippen LogP contribution in [0.4, 0.5) is 0 Å². The van der Waals surface area contributed by atoms with Gasteiger partial charge in [-0.15, -0.1) is 0 Å². The van der Waals surface area contributed by atoms with E-state index in [0.717, 1.165) is 26.1 Å². The highest BCUT2D eigenvalue weighted by atomic mass is 16.3. The molecule has 0 saturated heterocycles. The van der Waals surface area contributed by atoms with Gasteiger partial charge in [0.05, 0.1) is 6.61 Å². The van der Waals surface area contributed by atoms with Crippen LogP contribution < -0.4 is 5.32 Å². The molecule has 0 radical (unpaired) electrons. The van der Waals surface area contributed by atoms with Gasteiger partial charge >= 0.3 is 0 Å². The Bertz CT molecular complexity index is 264. The van der Waals surface area contributed by atoms with Crippen molar-refractivity contribution in [2.45, 2.75) is 13.0 Å². The van der Waals surface area contributed by atoms with Crippen LogP contribution in [0.3, 0.4) is 0 Å². The van der Waals surface area contributed by atoms with Crippen LogP contribution in [0, 0.1) is 0 Å². The largest absolute Gasteiger partial charge is 0.395 e. The molecule has 0 fully saturated rings. The second-order valence-corrected chi connectivity index (χ2v) is 4.05. The van der Waals surface area contributed by atoms with Gasteiger partial charge < -0.3 is 15.3 Å². The first-order valence-corrected chi connectivity index (χ1v) is 5.87. The Morgan fingerprint density at radius 2 is 1.94 bits per heavy atom. The van der Waals surface area contributed by atoms with Crippen LogP contribution in [0.25, 0.3) is 0 Å². The van der Waals surface area contributed by atoms with Gasteiger partial charge in [0.2, 0.25) is 0 Å². The molecular formula is C13H22N2O.